The van der Waals surface area contributed by atoms with Crippen molar-refractivity contribution in [1.29, 1.82) is 0 Å². The lowest BCUT2D eigenvalue weighted by Gasteiger charge is -2.10. The fraction of sp³-hybridized carbons (Fsp3) is 0.235. The van der Waals surface area contributed by atoms with Crippen LogP contribution in [0.1, 0.15) is 5.56 Å². The first kappa shape index (κ1) is 20.4. The van der Waals surface area contributed by atoms with E-state index in [1.165, 1.54) is 12.1 Å². The molecule has 0 unspecified atom stereocenters. The first-order chi connectivity index (χ1) is 12.4. The molecule has 2 aromatic rings. The molecular formula is C17H17BrN2O5S. The molecule has 0 spiro atoms. The van der Waals surface area contributed by atoms with E-state index in [2.05, 4.69) is 21.2 Å². The molecule has 0 bridgehead atoms. The molecule has 2 aromatic carbocycles. The number of nitro benzene ring substituents is 1. The fourth-order valence-corrected chi connectivity index (χ4v) is 3.25. The lowest BCUT2D eigenvalue weighted by molar-refractivity contribution is -0.385. The van der Waals surface area contributed by atoms with Crippen LogP contribution in [0.15, 0.2) is 51.8 Å². The topological polar surface area (TPSA) is 113 Å². The van der Waals surface area contributed by atoms with Crippen molar-refractivity contribution in [2.75, 3.05) is 17.7 Å². The van der Waals surface area contributed by atoms with Gasteiger partial charge in [-0.05, 0) is 23.8 Å². The maximum absolute atomic E-state index is 12.2. The van der Waals surface area contributed by atoms with Crippen LogP contribution >= 0.6 is 27.7 Å². The van der Waals surface area contributed by atoms with Gasteiger partial charge < -0.3 is 15.5 Å². The lowest BCUT2D eigenvalue weighted by Crippen LogP contribution is -2.15. The van der Waals surface area contributed by atoms with E-state index in [0.717, 1.165) is 21.8 Å². The van der Waals surface area contributed by atoms with Crippen LogP contribution < -0.4 is 5.32 Å². The summed E-state index contributed by atoms with van der Waals surface area (Å²) >= 11 is 4.49. The highest BCUT2D eigenvalue weighted by Crippen LogP contribution is 2.28. The van der Waals surface area contributed by atoms with Gasteiger partial charge in [-0.1, -0.05) is 28.1 Å². The zero-order valence-corrected chi connectivity index (χ0v) is 16.0. The molecule has 0 aliphatic heterocycles. The van der Waals surface area contributed by atoms with Gasteiger partial charge >= 0.3 is 0 Å². The predicted molar refractivity (Wildman–Crippen MR) is 103 cm³/mol. The second-order valence-electron chi connectivity index (χ2n) is 5.47. The third-order valence-electron chi connectivity index (χ3n) is 3.32. The number of carbonyl (C=O) groups excluding carboxylic acids is 1. The number of nitro groups is 1. The Kier molecular flexibility index (Phi) is 7.58. The van der Waals surface area contributed by atoms with Gasteiger partial charge in [0, 0.05) is 32.9 Å². The minimum absolute atomic E-state index is 0.141. The number of benzene rings is 2. The number of rotatable bonds is 8. The maximum Gasteiger partial charge on any atom is 0.272 e. The Hall–Kier alpha value is -1.94. The van der Waals surface area contributed by atoms with E-state index in [1.807, 2.05) is 24.3 Å². The zero-order valence-electron chi connectivity index (χ0n) is 13.6. The van der Waals surface area contributed by atoms with E-state index in [-0.39, 0.29) is 23.8 Å². The normalized spacial score (nSPS) is 11.8. The van der Waals surface area contributed by atoms with Gasteiger partial charge in [-0.25, -0.2) is 0 Å². The molecule has 0 heterocycles. The summed E-state index contributed by atoms with van der Waals surface area (Å²) < 4.78 is 0.909. The molecular weight excluding hydrogens is 424 g/mol. The van der Waals surface area contributed by atoms with Crippen molar-refractivity contribution >= 4 is 45.0 Å². The van der Waals surface area contributed by atoms with Crippen molar-refractivity contribution in [3.63, 3.8) is 0 Å². The van der Waals surface area contributed by atoms with Crippen LogP contribution in [0.25, 0.3) is 0 Å². The summed E-state index contributed by atoms with van der Waals surface area (Å²) in [5.41, 5.74) is 0.964. The summed E-state index contributed by atoms with van der Waals surface area (Å²) in [6.07, 6.45) is -0.781. The number of aliphatic hydroxyl groups excluding tert-OH is 2. The molecule has 0 saturated heterocycles. The van der Waals surface area contributed by atoms with Crippen molar-refractivity contribution < 1.29 is 19.9 Å². The largest absolute Gasteiger partial charge is 0.394 e. The van der Waals surface area contributed by atoms with Crippen LogP contribution in [0.2, 0.25) is 0 Å². The van der Waals surface area contributed by atoms with E-state index in [0.29, 0.717) is 10.6 Å². The number of anilines is 1. The lowest BCUT2D eigenvalue weighted by atomic mass is 10.1. The number of non-ortho nitro benzene ring substituents is 1. The Bertz CT molecular complexity index is 785. The summed E-state index contributed by atoms with van der Waals surface area (Å²) in [5, 5.41) is 32.0. The summed E-state index contributed by atoms with van der Waals surface area (Å²) in [6, 6.07) is 11.5. The Morgan fingerprint density at radius 1 is 1.27 bits per heavy atom. The molecule has 1 atom stereocenters. The number of nitrogens with one attached hydrogen (secondary N) is 1. The standard InChI is InChI=1S/C17H17BrN2O5S/c18-12-3-1-11(2-4-12)5-17(23)19-13-6-14(20(24)25)8-16(7-13)26-10-15(22)9-21/h1-4,6-8,15,21-22H,5,9-10H2,(H,19,23)/t15-/m1/s1. The number of thioether (sulfide) groups is 1. The fourth-order valence-electron chi connectivity index (χ4n) is 2.08. The average Bonchev–Trinajstić information content (AvgIpc) is 2.61. The Balaban J connectivity index is 2.10. The number of hydrogen-bond donors (Lipinski definition) is 3. The number of carbonyl (C=O) groups is 1. The highest BCUT2D eigenvalue weighted by atomic mass is 79.9. The van der Waals surface area contributed by atoms with Gasteiger partial charge in [-0.3, -0.25) is 14.9 Å². The van der Waals surface area contributed by atoms with Crippen LogP contribution in [0.5, 0.6) is 0 Å². The molecule has 1 amide bonds. The van der Waals surface area contributed by atoms with Crippen molar-refractivity contribution in [3.05, 3.63) is 62.6 Å². The number of halogens is 1. The van der Waals surface area contributed by atoms with Crippen LogP contribution in [-0.2, 0) is 11.2 Å². The molecule has 2 rings (SSSR count). The van der Waals surface area contributed by atoms with E-state index in [9.17, 15) is 20.0 Å². The highest BCUT2D eigenvalue weighted by molar-refractivity contribution is 9.10. The molecule has 7 nitrogen and oxygen atoms in total. The Labute approximate surface area is 162 Å². The summed E-state index contributed by atoms with van der Waals surface area (Å²) in [4.78, 5) is 23.3. The molecule has 0 aliphatic rings. The Morgan fingerprint density at radius 3 is 2.58 bits per heavy atom. The SMILES string of the molecule is O=C(Cc1ccc(Br)cc1)Nc1cc(SC[C@H](O)CO)cc([N+](=O)[O-])c1. The van der Waals surface area contributed by atoms with Crippen LogP contribution in [0.4, 0.5) is 11.4 Å². The summed E-state index contributed by atoms with van der Waals surface area (Å²) in [5.74, 6) is -0.108. The average molecular weight is 441 g/mol. The quantitative estimate of drug-likeness (QED) is 0.330. The molecule has 0 saturated carbocycles. The third kappa shape index (κ3) is 6.41. The van der Waals surface area contributed by atoms with Crippen molar-refractivity contribution in [2.45, 2.75) is 17.4 Å². The van der Waals surface area contributed by atoms with E-state index < -0.39 is 17.6 Å². The first-order valence-corrected chi connectivity index (χ1v) is 9.40. The summed E-state index contributed by atoms with van der Waals surface area (Å²) in [7, 11) is 0. The molecule has 0 aliphatic carbocycles. The van der Waals surface area contributed by atoms with Crippen molar-refractivity contribution in [3.8, 4) is 0 Å². The summed E-state index contributed by atoms with van der Waals surface area (Å²) in [6.45, 7) is -0.390. The monoisotopic (exact) mass is 440 g/mol. The molecule has 0 radical (unpaired) electrons. The van der Waals surface area contributed by atoms with E-state index in [4.69, 9.17) is 5.11 Å². The minimum Gasteiger partial charge on any atom is -0.394 e. The molecule has 0 aromatic heterocycles. The van der Waals surface area contributed by atoms with Gasteiger partial charge in [0.25, 0.3) is 5.69 Å². The first-order valence-electron chi connectivity index (χ1n) is 7.63. The third-order valence-corrected chi connectivity index (χ3v) is 4.97. The number of nitrogens with zero attached hydrogens (tertiary/aromatic N) is 1. The predicted octanol–water partition coefficient (Wildman–Crippen LogP) is 2.98. The van der Waals surface area contributed by atoms with Gasteiger partial charge in [0.2, 0.25) is 5.91 Å². The van der Waals surface area contributed by atoms with E-state index >= 15 is 0 Å². The second kappa shape index (κ2) is 9.67. The maximum atomic E-state index is 12.2. The van der Waals surface area contributed by atoms with Gasteiger partial charge in [0.15, 0.2) is 0 Å². The smallest absolute Gasteiger partial charge is 0.272 e. The van der Waals surface area contributed by atoms with Crippen molar-refractivity contribution in [2.24, 2.45) is 0 Å². The zero-order chi connectivity index (χ0) is 19.1. The number of hydrogen-bond acceptors (Lipinski definition) is 6. The molecule has 138 valence electrons. The van der Waals surface area contributed by atoms with Gasteiger partial charge in [0.1, 0.15) is 0 Å². The molecule has 3 N–H and O–H groups in total. The van der Waals surface area contributed by atoms with Gasteiger partial charge in [-0.2, -0.15) is 0 Å². The number of aliphatic hydroxyl groups is 2. The number of amides is 1. The van der Waals surface area contributed by atoms with Crippen LogP contribution in [0.3, 0.4) is 0 Å². The second-order valence-corrected chi connectivity index (χ2v) is 7.48. The molecule has 26 heavy (non-hydrogen) atoms. The van der Waals surface area contributed by atoms with Gasteiger partial charge in [-0.15, -0.1) is 11.8 Å². The molecule has 0 fully saturated rings. The van der Waals surface area contributed by atoms with Crippen LogP contribution in [-0.4, -0.2) is 39.5 Å². The van der Waals surface area contributed by atoms with E-state index in [1.54, 1.807) is 6.07 Å². The minimum atomic E-state index is -0.922. The van der Waals surface area contributed by atoms with Gasteiger partial charge in [0.05, 0.1) is 24.1 Å². The van der Waals surface area contributed by atoms with Crippen molar-refractivity contribution in [1.82, 2.24) is 0 Å². The molecule has 9 heteroatoms. The Morgan fingerprint density at radius 2 is 1.96 bits per heavy atom. The van der Waals surface area contributed by atoms with Crippen LogP contribution in [0, 0.1) is 10.1 Å². The highest BCUT2D eigenvalue weighted by Gasteiger charge is 2.13.